The number of aliphatic hydroxyl groups excluding tert-OH is 1. The smallest absolute Gasteiger partial charge is 0.192 e. The van der Waals surface area contributed by atoms with Gasteiger partial charge in [-0.05, 0) is 6.92 Å². The van der Waals surface area contributed by atoms with Crippen molar-refractivity contribution in [3.63, 3.8) is 0 Å². The summed E-state index contributed by atoms with van der Waals surface area (Å²) in [6.45, 7) is 1.42. The van der Waals surface area contributed by atoms with Gasteiger partial charge in [-0.15, -0.1) is 0 Å². The summed E-state index contributed by atoms with van der Waals surface area (Å²) in [7, 11) is 0. The highest BCUT2D eigenvalue weighted by molar-refractivity contribution is 6.48. The molecule has 3 N–H and O–H groups in total. The molecule has 7 heavy (non-hydrogen) atoms. The van der Waals surface area contributed by atoms with E-state index in [1.807, 2.05) is 0 Å². The van der Waals surface area contributed by atoms with E-state index in [0.29, 0.717) is 0 Å². The van der Waals surface area contributed by atoms with Crippen LogP contribution in [0.15, 0.2) is 0 Å². The van der Waals surface area contributed by atoms with Gasteiger partial charge in [0.25, 0.3) is 0 Å². The van der Waals surface area contributed by atoms with Crippen LogP contribution in [-0.4, -0.2) is 15.7 Å². The van der Waals surface area contributed by atoms with Crippen LogP contribution in [0, 0.1) is 0 Å². The molecule has 4 heteroatoms. The zero-order chi connectivity index (χ0) is 6.08. The van der Waals surface area contributed by atoms with E-state index in [0.717, 1.165) is 0 Å². The van der Waals surface area contributed by atoms with Crippen molar-refractivity contribution >= 4 is 23.2 Å². The lowest BCUT2D eigenvalue weighted by Crippen LogP contribution is -2.37. The topological polar surface area (TPSA) is 46.2 Å². The van der Waals surface area contributed by atoms with Gasteiger partial charge in [-0.1, -0.05) is 23.2 Å². The van der Waals surface area contributed by atoms with Crippen molar-refractivity contribution in [2.45, 2.75) is 17.5 Å². The van der Waals surface area contributed by atoms with Gasteiger partial charge >= 0.3 is 0 Å². The van der Waals surface area contributed by atoms with Crippen LogP contribution in [0.1, 0.15) is 6.92 Å². The molecule has 0 amide bonds. The quantitative estimate of drug-likeness (QED) is 0.414. The number of aliphatic hydroxyl groups is 1. The molecule has 0 radical (unpaired) electrons. The highest BCUT2D eigenvalue weighted by atomic mass is 35.5. The lowest BCUT2D eigenvalue weighted by molar-refractivity contribution is 0.177. The summed E-state index contributed by atoms with van der Waals surface area (Å²) in [6, 6.07) is 0. The molecular formula is C3H7Cl2NO. The van der Waals surface area contributed by atoms with Crippen LogP contribution in [-0.2, 0) is 0 Å². The normalized spacial score (nSPS) is 16.7. The predicted octanol–water partition coefficient (Wildman–Crippen LogP) is 0.457. The van der Waals surface area contributed by atoms with Gasteiger partial charge in [-0.25, -0.2) is 0 Å². The molecule has 0 fully saturated rings. The molecule has 0 spiro atoms. The van der Waals surface area contributed by atoms with Gasteiger partial charge in [0.15, 0.2) is 4.46 Å². The molecule has 0 aromatic heterocycles. The van der Waals surface area contributed by atoms with E-state index >= 15 is 0 Å². The molecule has 2 nitrogen and oxygen atoms in total. The fourth-order valence-corrected chi connectivity index (χ4v) is 0. The summed E-state index contributed by atoms with van der Waals surface area (Å²) >= 11 is 10.3. The van der Waals surface area contributed by atoms with Crippen LogP contribution in [0.25, 0.3) is 0 Å². The Bertz CT molecular complexity index is 58.4. The molecule has 0 aromatic rings. The van der Waals surface area contributed by atoms with Crippen LogP contribution in [0.3, 0.4) is 0 Å². The molecule has 0 saturated heterocycles. The van der Waals surface area contributed by atoms with Crippen molar-refractivity contribution < 1.29 is 5.11 Å². The number of nitrogens with two attached hydrogens (primary N) is 1. The highest BCUT2D eigenvalue weighted by Gasteiger charge is 2.23. The fraction of sp³-hybridized carbons (Fsp3) is 1.00. The lowest BCUT2D eigenvalue weighted by Gasteiger charge is -2.15. The maximum absolute atomic E-state index is 8.50. The van der Waals surface area contributed by atoms with Gasteiger partial charge in [-0.3, -0.25) is 5.73 Å². The lowest BCUT2D eigenvalue weighted by atomic mass is 10.4. The number of halogens is 2. The highest BCUT2D eigenvalue weighted by Crippen LogP contribution is 2.16. The van der Waals surface area contributed by atoms with Gasteiger partial charge < -0.3 is 5.11 Å². The number of hydrogen-bond donors (Lipinski definition) is 2. The molecule has 1 atom stereocenters. The first-order valence-corrected chi connectivity index (χ1v) is 2.55. The maximum atomic E-state index is 8.50. The number of hydrogen-bond acceptors (Lipinski definition) is 2. The van der Waals surface area contributed by atoms with Crippen LogP contribution in [0.5, 0.6) is 0 Å². The molecule has 0 bridgehead atoms. The van der Waals surface area contributed by atoms with E-state index in [9.17, 15) is 0 Å². The third-order valence-electron chi connectivity index (χ3n) is 0.557. The van der Waals surface area contributed by atoms with Crippen LogP contribution >= 0.6 is 23.2 Å². The van der Waals surface area contributed by atoms with E-state index in [1.165, 1.54) is 6.92 Å². The SMILES string of the molecule is CC(O)C(N)(Cl)Cl. The Labute approximate surface area is 52.2 Å². The second kappa shape index (κ2) is 2.18. The first-order valence-electron chi connectivity index (χ1n) is 1.79. The minimum Gasteiger partial charge on any atom is -0.389 e. The number of rotatable bonds is 1. The predicted molar refractivity (Wildman–Crippen MR) is 30.3 cm³/mol. The summed E-state index contributed by atoms with van der Waals surface area (Å²) in [4.78, 5) is 0. The van der Waals surface area contributed by atoms with Crippen molar-refractivity contribution in [3.05, 3.63) is 0 Å². The molecule has 0 aliphatic heterocycles. The molecule has 0 aliphatic rings. The minimum absolute atomic E-state index is 0.893. The monoisotopic (exact) mass is 143 g/mol. The summed E-state index contributed by atoms with van der Waals surface area (Å²) in [6.07, 6.45) is -0.893. The van der Waals surface area contributed by atoms with Crippen LogP contribution in [0.2, 0.25) is 0 Å². The largest absolute Gasteiger partial charge is 0.389 e. The van der Waals surface area contributed by atoms with E-state index in [-0.39, 0.29) is 0 Å². The molecule has 0 saturated carbocycles. The Morgan fingerprint density at radius 2 is 1.86 bits per heavy atom. The first kappa shape index (κ1) is 7.50. The Kier molecular flexibility index (Phi) is 2.33. The van der Waals surface area contributed by atoms with E-state index < -0.39 is 10.6 Å². The second-order valence-corrected chi connectivity index (χ2v) is 2.79. The molecule has 44 valence electrons. The van der Waals surface area contributed by atoms with Crippen LogP contribution < -0.4 is 5.73 Å². The zero-order valence-electron chi connectivity index (χ0n) is 3.86. The van der Waals surface area contributed by atoms with Crippen molar-refractivity contribution in [1.82, 2.24) is 0 Å². The summed E-state index contributed by atoms with van der Waals surface area (Å²) in [5.41, 5.74) is 4.96. The molecule has 0 heterocycles. The number of alkyl halides is 2. The van der Waals surface area contributed by atoms with Gasteiger partial charge in [-0.2, -0.15) is 0 Å². The summed E-state index contributed by atoms with van der Waals surface area (Å²) in [5, 5.41) is 8.50. The second-order valence-electron chi connectivity index (χ2n) is 1.35. The van der Waals surface area contributed by atoms with Gasteiger partial charge in [0.05, 0.1) is 6.10 Å². The van der Waals surface area contributed by atoms with E-state index in [4.69, 9.17) is 34.0 Å². The van der Waals surface area contributed by atoms with Gasteiger partial charge in [0.1, 0.15) is 0 Å². The average molecular weight is 144 g/mol. The average Bonchev–Trinajstić information content (AvgIpc) is 1.31. The molecule has 0 aliphatic carbocycles. The Morgan fingerprint density at radius 1 is 1.71 bits per heavy atom. The van der Waals surface area contributed by atoms with Crippen LogP contribution in [0.4, 0.5) is 0 Å². The molecule has 0 aromatic carbocycles. The van der Waals surface area contributed by atoms with Gasteiger partial charge in [0.2, 0.25) is 0 Å². The molecule has 0 rings (SSSR count). The summed E-state index contributed by atoms with van der Waals surface area (Å²) in [5.74, 6) is 0. The Hall–Kier alpha value is 0.500. The standard InChI is InChI=1S/C3H7Cl2NO/c1-2(7)3(4,5)6/h2,7H,6H2,1H3. The van der Waals surface area contributed by atoms with Gasteiger partial charge in [0, 0.05) is 0 Å². The van der Waals surface area contributed by atoms with Crippen molar-refractivity contribution in [3.8, 4) is 0 Å². The van der Waals surface area contributed by atoms with Crippen molar-refractivity contribution in [2.75, 3.05) is 0 Å². The molecule has 1 unspecified atom stereocenters. The first-order chi connectivity index (χ1) is 2.94. The third kappa shape index (κ3) is 3.12. The third-order valence-corrected chi connectivity index (χ3v) is 1.19. The molecular weight excluding hydrogens is 137 g/mol. The minimum atomic E-state index is -1.50. The van der Waals surface area contributed by atoms with E-state index in [2.05, 4.69) is 0 Å². The van der Waals surface area contributed by atoms with E-state index in [1.54, 1.807) is 0 Å². The Balaban J connectivity index is 3.54. The zero-order valence-corrected chi connectivity index (χ0v) is 5.37. The maximum Gasteiger partial charge on any atom is 0.192 e. The van der Waals surface area contributed by atoms with Crippen molar-refractivity contribution in [1.29, 1.82) is 0 Å². The summed E-state index contributed by atoms with van der Waals surface area (Å²) < 4.78 is -1.50. The van der Waals surface area contributed by atoms with Crippen molar-refractivity contribution in [2.24, 2.45) is 5.73 Å². The Morgan fingerprint density at radius 3 is 1.86 bits per heavy atom. The fourth-order valence-electron chi connectivity index (χ4n) is 0.